The fourth-order valence-corrected chi connectivity index (χ4v) is 2.50. The highest BCUT2D eigenvalue weighted by molar-refractivity contribution is 7.12. The van der Waals surface area contributed by atoms with Gasteiger partial charge in [0.05, 0.1) is 0 Å². The van der Waals surface area contributed by atoms with E-state index in [4.69, 9.17) is 5.11 Å². The number of aliphatic carboxylic acids is 1. The minimum Gasteiger partial charge on any atom is -0.480 e. The van der Waals surface area contributed by atoms with Crippen LogP contribution in [0, 0.1) is 0 Å². The number of amides is 1. The summed E-state index contributed by atoms with van der Waals surface area (Å²) in [5.41, 5.74) is 0.0692. The third-order valence-electron chi connectivity index (χ3n) is 2.37. The van der Waals surface area contributed by atoms with Crippen LogP contribution in [0.25, 0.3) is 0 Å². The second kappa shape index (κ2) is 5.31. The van der Waals surface area contributed by atoms with Crippen LogP contribution < -0.4 is 5.32 Å². The summed E-state index contributed by atoms with van der Waals surface area (Å²) >= 11 is 1.59. The average Bonchev–Trinajstić information content (AvgIpc) is 2.64. The van der Waals surface area contributed by atoms with Crippen molar-refractivity contribution in [3.63, 3.8) is 0 Å². The van der Waals surface area contributed by atoms with Crippen molar-refractivity contribution in [2.24, 2.45) is 0 Å². The summed E-state index contributed by atoms with van der Waals surface area (Å²) in [5, 5.41) is 11.2. The van der Waals surface area contributed by atoms with Gasteiger partial charge in [-0.25, -0.2) is 4.79 Å². The predicted octanol–water partition coefficient (Wildman–Crippen LogP) is 1.79. The van der Waals surface area contributed by atoms with E-state index in [0.717, 1.165) is 4.88 Å². The van der Waals surface area contributed by atoms with E-state index in [1.54, 1.807) is 11.3 Å². The van der Waals surface area contributed by atoms with E-state index in [1.807, 2.05) is 12.1 Å². The highest BCUT2D eigenvalue weighted by Crippen LogP contribution is 2.29. The first-order valence-corrected chi connectivity index (χ1v) is 6.18. The van der Waals surface area contributed by atoms with Gasteiger partial charge in [0.15, 0.2) is 0 Å². The number of carboxylic acid groups (broad SMARTS) is 1. The molecule has 1 aromatic rings. The summed E-state index contributed by atoms with van der Waals surface area (Å²) < 4.78 is 0. The standard InChI is InChI=1S/C12H17NO3S/c1-12(2,3)10-5-4-8(17-10)6-9(11(15)16)13-7-14/h4-5,7,9H,6H2,1-3H3,(H,13,14)(H,15,16). The summed E-state index contributed by atoms with van der Waals surface area (Å²) in [7, 11) is 0. The molecule has 0 radical (unpaired) electrons. The topological polar surface area (TPSA) is 66.4 Å². The smallest absolute Gasteiger partial charge is 0.326 e. The second-order valence-corrected chi connectivity index (χ2v) is 6.06. The third kappa shape index (κ3) is 3.85. The van der Waals surface area contributed by atoms with Gasteiger partial charge in [-0.2, -0.15) is 0 Å². The van der Waals surface area contributed by atoms with Crippen molar-refractivity contribution in [1.82, 2.24) is 5.32 Å². The largest absolute Gasteiger partial charge is 0.480 e. The van der Waals surface area contributed by atoms with E-state index in [1.165, 1.54) is 4.88 Å². The van der Waals surface area contributed by atoms with Crippen LogP contribution in [-0.2, 0) is 21.4 Å². The van der Waals surface area contributed by atoms with E-state index >= 15 is 0 Å². The van der Waals surface area contributed by atoms with Crippen LogP contribution >= 0.6 is 11.3 Å². The predicted molar refractivity (Wildman–Crippen MR) is 67.3 cm³/mol. The zero-order valence-corrected chi connectivity index (χ0v) is 11.0. The van der Waals surface area contributed by atoms with Gasteiger partial charge in [-0.15, -0.1) is 11.3 Å². The zero-order valence-electron chi connectivity index (χ0n) is 10.2. The van der Waals surface area contributed by atoms with Crippen LogP contribution in [0.4, 0.5) is 0 Å². The molecule has 1 aromatic heterocycles. The Morgan fingerprint density at radius 3 is 2.59 bits per heavy atom. The van der Waals surface area contributed by atoms with Gasteiger partial charge in [-0.3, -0.25) is 4.79 Å². The molecule has 4 nitrogen and oxygen atoms in total. The van der Waals surface area contributed by atoms with E-state index in [0.29, 0.717) is 12.8 Å². The lowest BCUT2D eigenvalue weighted by Crippen LogP contribution is -2.37. The van der Waals surface area contributed by atoms with Crippen molar-refractivity contribution >= 4 is 23.7 Å². The number of carbonyl (C=O) groups excluding carboxylic acids is 1. The van der Waals surface area contributed by atoms with Gasteiger partial charge in [0.25, 0.3) is 0 Å². The maximum absolute atomic E-state index is 10.9. The minimum atomic E-state index is -1.01. The maximum atomic E-state index is 10.9. The lowest BCUT2D eigenvalue weighted by Gasteiger charge is -2.15. The molecule has 0 aliphatic rings. The van der Waals surface area contributed by atoms with Gasteiger partial charge in [-0.1, -0.05) is 20.8 Å². The lowest BCUT2D eigenvalue weighted by molar-refractivity contribution is -0.140. The van der Waals surface area contributed by atoms with Crippen LogP contribution in [0.15, 0.2) is 12.1 Å². The highest BCUT2D eigenvalue weighted by Gasteiger charge is 2.20. The van der Waals surface area contributed by atoms with E-state index in [-0.39, 0.29) is 5.41 Å². The number of carbonyl (C=O) groups is 2. The zero-order chi connectivity index (χ0) is 13.1. The molecule has 2 N–H and O–H groups in total. The van der Waals surface area contributed by atoms with Gasteiger partial charge >= 0.3 is 5.97 Å². The maximum Gasteiger partial charge on any atom is 0.326 e. The molecule has 94 valence electrons. The van der Waals surface area contributed by atoms with Crippen LogP contribution in [-0.4, -0.2) is 23.5 Å². The summed E-state index contributed by atoms with van der Waals surface area (Å²) in [5.74, 6) is -1.01. The fraction of sp³-hybridized carbons (Fsp3) is 0.500. The Kier molecular flexibility index (Phi) is 4.28. The molecule has 17 heavy (non-hydrogen) atoms. The second-order valence-electron chi connectivity index (χ2n) is 4.90. The Hall–Kier alpha value is -1.36. The highest BCUT2D eigenvalue weighted by atomic mass is 32.1. The Balaban J connectivity index is 2.77. The number of nitrogens with one attached hydrogen (secondary N) is 1. The van der Waals surface area contributed by atoms with Crippen molar-refractivity contribution in [1.29, 1.82) is 0 Å². The molecule has 1 amide bonds. The Labute approximate surface area is 105 Å². The van der Waals surface area contributed by atoms with Crippen LogP contribution in [0.3, 0.4) is 0 Å². The molecule has 1 heterocycles. The Bertz CT molecular complexity index is 406. The summed E-state index contributed by atoms with van der Waals surface area (Å²) in [4.78, 5) is 23.4. The van der Waals surface area contributed by atoms with Gasteiger partial charge in [0.2, 0.25) is 6.41 Å². The van der Waals surface area contributed by atoms with E-state index in [9.17, 15) is 9.59 Å². The number of thiophene rings is 1. The van der Waals surface area contributed by atoms with E-state index < -0.39 is 12.0 Å². The first-order valence-electron chi connectivity index (χ1n) is 5.36. The van der Waals surface area contributed by atoms with Gasteiger partial charge in [0, 0.05) is 16.2 Å². The third-order valence-corrected chi connectivity index (χ3v) is 3.91. The molecule has 0 aliphatic carbocycles. The van der Waals surface area contributed by atoms with Gasteiger partial charge in [0.1, 0.15) is 6.04 Å². The normalized spacial score (nSPS) is 13.1. The molecule has 5 heteroatoms. The molecule has 0 fully saturated rings. The fourth-order valence-electron chi connectivity index (χ4n) is 1.39. The summed E-state index contributed by atoms with van der Waals surface area (Å²) in [6.45, 7) is 6.34. The number of rotatable bonds is 5. The van der Waals surface area contributed by atoms with Crippen molar-refractivity contribution < 1.29 is 14.7 Å². The van der Waals surface area contributed by atoms with Crippen molar-refractivity contribution in [3.8, 4) is 0 Å². The number of carboxylic acids is 1. The van der Waals surface area contributed by atoms with E-state index in [2.05, 4.69) is 26.1 Å². The summed E-state index contributed by atoms with van der Waals surface area (Å²) in [6.07, 6.45) is 0.756. The lowest BCUT2D eigenvalue weighted by atomic mass is 9.95. The Morgan fingerprint density at radius 2 is 2.18 bits per heavy atom. The first-order chi connectivity index (χ1) is 7.84. The molecule has 0 aliphatic heterocycles. The molecule has 1 atom stereocenters. The molecule has 0 aromatic carbocycles. The minimum absolute atomic E-state index is 0.0692. The van der Waals surface area contributed by atoms with Crippen molar-refractivity contribution in [2.75, 3.05) is 0 Å². The van der Waals surface area contributed by atoms with Crippen LogP contribution in [0.5, 0.6) is 0 Å². The van der Waals surface area contributed by atoms with Gasteiger partial charge in [-0.05, 0) is 17.5 Å². The average molecular weight is 255 g/mol. The molecule has 1 unspecified atom stereocenters. The quantitative estimate of drug-likeness (QED) is 0.788. The first kappa shape index (κ1) is 13.7. The molecule has 0 spiro atoms. The van der Waals surface area contributed by atoms with Crippen LogP contribution in [0.1, 0.15) is 30.5 Å². The molecule has 1 rings (SSSR count). The molecular weight excluding hydrogens is 238 g/mol. The van der Waals surface area contributed by atoms with Gasteiger partial charge < -0.3 is 10.4 Å². The molecule has 0 saturated carbocycles. The molecule has 0 saturated heterocycles. The SMILES string of the molecule is CC(C)(C)c1ccc(CC(NC=O)C(=O)O)s1. The van der Waals surface area contributed by atoms with Crippen molar-refractivity contribution in [3.05, 3.63) is 21.9 Å². The Morgan fingerprint density at radius 1 is 1.53 bits per heavy atom. The number of hydrogen-bond donors (Lipinski definition) is 2. The van der Waals surface area contributed by atoms with Crippen LogP contribution in [0.2, 0.25) is 0 Å². The van der Waals surface area contributed by atoms with Crippen molar-refractivity contribution in [2.45, 2.75) is 38.6 Å². The molecular formula is C12H17NO3S. The molecule has 0 bridgehead atoms. The summed E-state index contributed by atoms with van der Waals surface area (Å²) in [6, 6.07) is 3.09. The number of hydrogen-bond acceptors (Lipinski definition) is 3. The monoisotopic (exact) mass is 255 g/mol.